The van der Waals surface area contributed by atoms with Crippen molar-refractivity contribution in [3.63, 3.8) is 0 Å². The van der Waals surface area contributed by atoms with Crippen LogP contribution in [0.15, 0.2) is 41.5 Å². The van der Waals surface area contributed by atoms with Gasteiger partial charge in [-0.25, -0.2) is 4.79 Å². The van der Waals surface area contributed by atoms with E-state index in [-0.39, 0.29) is 24.3 Å². The fraction of sp³-hybridized carbons (Fsp3) is 0.154. The Labute approximate surface area is 108 Å². The third kappa shape index (κ3) is 3.05. The molecule has 19 heavy (non-hydrogen) atoms. The zero-order valence-corrected chi connectivity index (χ0v) is 9.98. The minimum Gasteiger partial charge on any atom is -0.478 e. The summed E-state index contributed by atoms with van der Waals surface area (Å²) >= 11 is 0. The van der Waals surface area contributed by atoms with E-state index >= 15 is 0 Å². The Morgan fingerprint density at radius 3 is 2.63 bits per heavy atom. The molecule has 0 spiro atoms. The van der Waals surface area contributed by atoms with Crippen molar-refractivity contribution >= 4 is 5.97 Å². The van der Waals surface area contributed by atoms with E-state index < -0.39 is 5.97 Å². The number of aromatic nitrogens is 2. The molecule has 0 unspecified atom stereocenters. The normalized spacial score (nSPS) is 10.4. The number of aliphatic hydroxyl groups is 1. The predicted octanol–water partition coefficient (Wildman–Crippen LogP) is 0.482. The second-order valence-corrected chi connectivity index (χ2v) is 4.00. The van der Waals surface area contributed by atoms with Crippen LogP contribution in [0.2, 0.25) is 0 Å². The summed E-state index contributed by atoms with van der Waals surface area (Å²) in [5.41, 5.74) is 1.06. The Bertz CT molecular complexity index is 646. The number of rotatable bonds is 4. The first kappa shape index (κ1) is 13.0. The summed E-state index contributed by atoms with van der Waals surface area (Å²) in [6.45, 7) is 0.0907. The fourth-order valence-electron chi connectivity index (χ4n) is 1.62. The van der Waals surface area contributed by atoms with Crippen LogP contribution in [-0.4, -0.2) is 25.7 Å². The number of hydrogen-bond donors (Lipinski definition) is 2. The quantitative estimate of drug-likeness (QED) is 0.834. The second-order valence-electron chi connectivity index (χ2n) is 4.00. The lowest BCUT2D eigenvalue weighted by atomic mass is 10.2. The van der Waals surface area contributed by atoms with Crippen molar-refractivity contribution in [1.82, 2.24) is 9.55 Å². The van der Waals surface area contributed by atoms with E-state index in [9.17, 15) is 9.59 Å². The molecule has 0 aliphatic carbocycles. The molecule has 6 nitrogen and oxygen atoms in total. The predicted molar refractivity (Wildman–Crippen MR) is 66.9 cm³/mol. The molecule has 2 aromatic heterocycles. The van der Waals surface area contributed by atoms with Crippen LogP contribution in [0.25, 0.3) is 0 Å². The maximum atomic E-state index is 11.6. The van der Waals surface area contributed by atoms with Crippen molar-refractivity contribution in [3.8, 4) is 0 Å². The minimum absolute atomic E-state index is 0.0551. The molecule has 2 heterocycles. The van der Waals surface area contributed by atoms with Gasteiger partial charge in [-0.15, -0.1) is 0 Å². The zero-order valence-electron chi connectivity index (χ0n) is 9.98. The number of hydrogen-bond acceptors (Lipinski definition) is 4. The van der Waals surface area contributed by atoms with Gasteiger partial charge in [0.15, 0.2) is 0 Å². The largest absolute Gasteiger partial charge is 0.478 e. The topological polar surface area (TPSA) is 92.4 Å². The maximum Gasteiger partial charge on any atom is 0.337 e. The summed E-state index contributed by atoms with van der Waals surface area (Å²) in [6, 6.07) is 5.88. The van der Waals surface area contributed by atoms with Gasteiger partial charge in [-0.05, 0) is 17.7 Å². The van der Waals surface area contributed by atoms with Crippen LogP contribution in [-0.2, 0) is 13.2 Å². The van der Waals surface area contributed by atoms with Gasteiger partial charge in [0.2, 0.25) is 0 Å². The molecule has 0 amide bonds. The third-order valence-corrected chi connectivity index (χ3v) is 2.63. The van der Waals surface area contributed by atoms with Crippen LogP contribution in [0.3, 0.4) is 0 Å². The van der Waals surface area contributed by atoms with Gasteiger partial charge in [-0.2, -0.15) is 0 Å². The standard InChI is InChI=1S/C13H12N2O4/c16-8-11-3-1-9(5-14-11)6-15-7-10(13(18)19)2-4-12(15)17/h1-5,7,16H,6,8H2,(H,18,19). The first-order valence-corrected chi connectivity index (χ1v) is 5.58. The zero-order chi connectivity index (χ0) is 13.8. The van der Waals surface area contributed by atoms with Gasteiger partial charge >= 0.3 is 5.97 Å². The first-order valence-electron chi connectivity index (χ1n) is 5.58. The van der Waals surface area contributed by atoms with Crippen molar-refractivity contribution < 1.29 is 15.0 Å². The summed E-state index contributed by atoms with van der Waals surface area (Å²) in [4.78, 5) is 26.5. The molecule has 2 N–H and O–H groups in total. The molecular weight excluding hydrogens is 248 g/mol. The molecule has 2 aromatic rings. The molecule has 0 atom stereocenters. The number of carbonyl (C=O) groups is 1. The second kappa shape index (κ2) is 5.45. The monoisotopic (exact) mass is 260 g/mol. The first-order chi connectivity index (χ1) is 9.10. The molecule has 0 radical (unpaired) electrons. The lowest BCUT2D eigenvalue weighted by molar-refractivity contribution is 0.0696. The molecule has 0 aliphatic heterocycles. The van der Waals surface area contributed by atoms with Gasteiger partial charge in [0.1, 0.15) is 0 Å². The van der Waals surface area contributed by atoms with E-state index in [1.54, 1.807) is 18.3 Å². The highest BCUT2D eigenvalue weighted by Gasteiger charge is 2.06. The Hall–Kier alpha value is -2.47. The van der Waals surface area contributed by atoms with Crippen LogP contribution in [0.4, 0.5) is 0 Å². The minimum atomic E-state index is -1.08. The molecular formula is C13H12N2O4. The molecule has 0 aliphatic rings. The lowest BCUT2D eigenvalue weighted by Gasteiger charge is -2.06. The van der Waals surface area contributed by atoms with E-state index in [4.69, 9.17) is 10.2 Å². The number of nitrogens with zero attached hydrogens (tertiary/aromatic N) is 2. The Balaban J connectivity index is 2.29. The molecule has 0 bridgehead atoms. The van der Waals surface area contributed by atoms with Gasteiger partial charge in [0, 0.05) is 18.5 Å². The van der Waals surface area contributed by atoms with Crippen LogP contribution >= 0.6 is 0 Å². The molecule has 98 valence electrons. The van der Waals surface area contributed by atoms with E-state index in [1.165, 1.54) is 22.9 Å². The average Bonchev–Trinajstić information content (AvgIpc) is 2.42. The van der Waals surface area contributed by atoms with E-state index in [1.807, 2.05) is 0 Å². The summed E-state index contributed by atoms with van der Waals surface area (Å²) < 4.78 is 1.30. The van der Waals surface area contributed by atoms with Crippen LogP contribution in [0.5, 0.6) is 0 Å². The van der Waals surface area contributed by atoms with Gasteiger partial charge in [-0.1, -0.05) is 6.07 Å². The van der Waals surface area contributed by atoms with Crippen molar-refractivity contribution in [2.24, 2.45) is 0 Å². The number of carboxylic acid groups (broad SMARTS) is 1. The average molecular weight is 260 g/mol. The van der Waals surface area contributed by atoms with Crippen LogP contribution < -0.4 is 5.56 Å². The molecule has 0 aromatic carbocycles. The highest BCUT2D eigenvalue weighted by Crippen LogP contribution is 2.03. The van der Waals surface area contributed by atoms with E-state index in [2.05, 4.69) is 4.98 Å². The Morgan fingerprint density at radius 2 is 2.05 bits per heavy atom. The van der Waals surface area contributed by atoms with Gasteiger partial charge in [0.05, 0.1) is 24.4 Å². The summed E-state index contributed by atoms with van der Waals surface area (Å²) in [5, 5.41) is 17.8. The summed E-state index contributed by atoms with van der Waals surface area (Å²) in [7, 11) is 0. The molecule has 0 saturated heterocycles. The molecule has 0 saturated carbocycles. The molecule has 6 heteroatoms. The fourth-order valence-corrected chi connectivity index (χ4v) is 1.62. The number of carboxylic acids is 1. The van der Waals surface area contributed by atoms with Crippen molar-refractivity contribution in [1.29, 1.82) is 0 Å². The lowest BCUT2D eigenvalue weighted by Crippen LogP contribution is -2.20. The SMILES string of the molecule is O=C(O)c1ccc(=O)n(Cc2ccc(CO)nc2)c1. The summed E-state index contributed by atoms with van der Waals surface area (Å²) in [6.07, 6.45) is 2.84. The summed E-state index contributed by atoms with van der Waals surface area (Å²) in [5.74, 6) is -1.08. The highest BCUT2D eigenvalue weighted by atomic mass is 16.4. The highest BCUT2D eigenvalue weighted by molar-refractivity contribution is 5.87. The van der Waals surface area contributed by atoms with Crippen molar-refractivity contribution in [3.05, 3.63) is 63.8 Å². The van der Waals surface area contributed by atoms with Crippen molar-refractivity contribution in [2.45, 2.75) is 13.2 Å². The third-order valence-electron chi connectivity index (χ3n) is 2.63. The smallest absolute Gasteiger partial charge is 0.337 e. The number of aliphatic hydroxyl groups excluding tert-OH is 1. The van der Waals surface area contributed by atoms with Crippen LogP contribution in [0.1, 0.15) is 21.6 Å². The van der Waals surface area contributed by atoms with E-state index in [0.717, 1.165) is 5.56 Å². The van der Waals surface area contributed by atoms with Crippen LogP contribution in [0, 0.1) is 0 Å². The Morgan fingerprint density at radius 1 is 1.26 bits per heavy atom. The van der Waals surface area contributed by atoms with Crippen molar-refractivity contribution in [2.75, 3.05) is 0 Å². The molecule has 0 fully saturated rings. The Kier molecular flexibility index (Phi) is 3.72. The number of pyridine rings is 2. The number of aromatic carboxylic acids is 1. The van der Waals surface area contributed by atoms with Gasteiger partial charge in [0.25, 0.3) is 5.56 Å². The van der Waals surface area contributed by atoms with Gasteiger partial charge < -0.3 is 14.8 Å². The maximum absolute atomic E-state index is 11.6. The molecule has 2 rings (SSSR count). The van der Waals surface area contributed by atoms with Gasteiger partial charge in [-0.3, -0.25) is 9.78 Å². The van der Waals surface area contributed by atoms with E-state index in [0.29, 0.717) is 5.69 Å².